The number of nitrogens with zero attached hydrogens (tertiary/aromatic N) is 1. The summed E-state index contributed by atoms with van der Waals surface area (Å²) in [6.45, 7) is 13.9. The second kappa shape index (κ2) is 17.2. The zero-order valence-corrected chi connectivity index (χ0v) is 17.9. The largest absolute Gasteiger partial charge is 0.478 e. The number of epoxide rings is 1. The Morgan fingerprint density at radius 1 is 0.966 bits per heavy atom. The Bertz CT molecular complexity index is 484. The average molecular weight is 414 g/mol. The van der Waals surface area contributed by atoms with Gasteiger partial charge in [0.2, 0.25) is 0 Å². The van der Waals surface area contributed by atoms with E-state index in [0.717, 1.165) is 25.9 Å². The summed E-state index contributed by atoms with van der Waals surface area (Å²) in [7, 11) is 0. The van der Waals surface area contributed by atoms with E-state index in [2.05, 4.69) is 25.0 Å². The Labute approximate surface area is 175 Å². The fourth-order valence-electron chi connectivity index (χ4n) is 2.33. The van der Waals surface area contributed by atoms with Gasteiger partial charge in [-0.15, -0.1) is 0 Å². The lowest BCUT2D eigenvalue weighted by molar-refractivity contribution is -0.133. The lowest BCUT2D eigenvalue weighted by Crippen LogP contribution is -1.99. The Kier molecular flexibility index (Phi) is 16.2. The topological polar surface area (TPSA) is 110 Å². The summed E-state index contributed by atoms with van der Waals surface area (Å²) in [5, 5.41) is 24.9. The second-order valence-corrected chi connectivity index (χ2v) is 7.39. The van der Waals surface area contributed by atoms with Crippen LogP contribution in [0.4, 0.5) is 0 Å². The van der Waals surface area contributed by atoms with Crippen LogP contribution in [0.2, 0.25) is 0 Å². The number of ether oxygens (including phenoxy) is 1. The smallest absolute Gasteiger partial charge is 0.330 e. The standard InChI is InChI=1S/C8H15NO.C8H14O2.C6H10O3/c1(3-8-7-10-8)2-4-9-5-6-9;1-3-4-5-6-7(2)8(9)10;1-5(6(8)9)3-2-4-7/h8H,1-7H2;2-6H2,1H3,(H,9,10);7H,1-4H2,(H,8,9). The molecule has 0 aromatic carbocycles. The van der Waals surface area contributed by atoms with E-state index >= 15 is 0 Å². The number of aliphatic carboxylic acids is 2. The molecule has 2 fully saturated rings. The molecule has 168 valence electrons. The molecule has 2 aliphatic rings. The first-order valence-electron chi connectivity index (χ1n) is 10.6. The molecule has 2 rings (SSSR count). The number of carboxylic acid groups (broad SMARTS) is 2. The van der Waals surface area contributed by atoms with E-state index in [4.69, 9.17) is 20.1 Å². The number of hydrogen-bond donors (Lipinski definition) is 3. The van der Waals surface area contributed by atoms with Crippen molar-refractivity contribution in [2.75, 3.05) is 32.8 Å². The molecule has 0 aromatic rings. The van der Waals surface area contributed by atoms with Gasteiger partial charge in [-0.3, -0.25) is 0 Å². The molecular formula is C22H39NO6. The molecule has 0 radical (unpaired) electrons. The van der Waals surface area contributed by atoms with Crippen LogP contribution in [0.3, 0.4) is 0 Å². The SMILES string of the molecule is C(CCN1CC1)CC1CO1.C=C(CCCCC)C(=O)O.C=C(CCCO)C(=O)O. The van der Waals surface area contributed by atoms with E-state index in [1.165, 1.54) is 38.9 Å². The molecule has 0 bridgehead atoms. The summed E-state index contributed by atoms with van der Waals surface area (Å²) in [5.41, 5.74) is 0.484. The Morgan fingerprint density at radius 3 is 1.93 bits per heavy atom. The van der Waals surface area contributed by atoms with E-state index in [1.54, 1.807) is 0 Å². The maximum absolute atomic E-state index is 10.2. The normalized spacial score (nSPS) is 16.6. The van der Waals surface area contributed by atoms with Crippen molar-refractivity contribution in [1.29, 1.82) is 0 Å². The molecule has 1 atom stereocenters. The summed E-state index contributed by atoms with van der Waals surface area (Å²) < 4.78 is 5.12. The van der Waals surface area contributed by atoms with E-state index < -0.39 is 11.9 Å². The molecule has 2 aliphatic heterocycles. The van der Waals surface area contributed by atoms with Crippen LogP contribution in [-0.2, 0) is 14.3 Å². The number of unbranched alkanes of at least 4 members (excludes halogenated alkanes) is 3. The van der Waals surface area contributed by atoms with Crippen molar-refractivity contribution in [3.63, 3.8) is 0 Å². The number of carbonyl (C=O) groups is 2. The van der Waals surface area contributed by atoms with Gasteiger partial charge < -0.3 is 25.0 Å². The number of rotatable bonds is 14. The highest BCUT2D eigenvalue weighted by molar-refractivity contribution is 5.85. The third-order valence-electron chi connectivity index (χ3n) is 4.52. The molecule has 3 N–H and O–H groups in total. The summed E-state index contributed by atoms with van der Waals surface area (Å²) in [5.74, 6) is -1.85. The highest BCUT2D eigenvalue weighted by atomic mass is 16.6. The Hall–Kier alpha value is -1.70. The highest BCUT2D eigenvalue weighted by Crippen LogP contribution is 2.17. The van der Waals surface area contributed by atoms with Gasteiger partial charge in [-0.1, -0.05) is 32.9 Å². The van der Waals surface area contributed by atoms with Gasteiger partial charge in [-0.25, -0.2) is 9.59 Å². The van der Waals surface area contributed by atoms with Gasteiger partial charge in [0.05, 0.1) is 12.7 Å². The van der Waals surface area contributed by atoms with Gasteiger partial charge in [0.25, 0.3) is 0 Å². The first-order chi connectivity index (χ1) is 13.8. The van der Waals surface area contributed by atoms with Gasteiger partial charge in [0.15, 0.2) is 0 Å². The van der Waals surface area contributed by atoms with Gasteiger partial charge in [0, 0.05) is 30.8 Å². The predicted molar refractivity (Wildman–Crippen MR) is 114 cm³/mol. The van der Waals surface area contributed by atoms with Gasteiger partial charge in [-0.2, -0.15) is 0 Å². The minimum Gasteiger partial charge on any atom is -0.478 e. The molecule has 0 aromatic heterocycles. The lowest BCUT2D eigenvalue weighted by Gasteiger charge is -1.97. The molecule has 0 saturated carbocycles. The highest BCUT2D eigenvalue weighted by Gasteiger charge is 2.22. The summed E-state index contributed by atoms with van der Waals surface area (Å²) in [6, 6.07) is 0. The van der Waals surface area contributed by atoms with Crippen LogP contribution in [0.5, 0.6) is 0 Å². The molecule has 2 saturated heterocycles. The third-order valence-corrected chi connectivity index (χ3v) is 4.52. The van der Waals surface area contributed by atoms with Crippen molar-refractivity contribution in [1.82, 2.24) is 4.90 Å². The molecule has 2 heterocycles. The zero-order chi connectivity index (χ0) is 22.1. The second-order valence-electron chi connectivity index (χ2n) is 7.39. The molecule has 7 nitrogen and oxygen atoms in total. The van der Waals surface area contributed by atoms with Crippen molar-refractivity contribution in [2.24, 2.45) is 0 Å². The van der Waals surface area contributed by atoms with Crippen LogP contribution < -0.4 is 0 Å². The Balaban J connectivity index is 0.000000407. The van der Waals surface area contributed by atoms with E-state index in [9.17, 15) is 9.59 Å². The first kappa shape index (κ1) is 27.3. The fraction of sp³-hybridized carbons (Fsp3) is 0.727. The van der Waals surface area contributed by atoms with Crippen molar-refractivity contribution >= 4 is 11.9 Å². The van der Waals surface area contributed by atoms with Crippen LogP contribution in [0.1, 0.15) is 64.7 Å². The first-order valence-corrected chi connectivity index (χ1v) is 10.6. The number of aliphatic hydroxyl groups excluding tert-OH is 1. The van der Waals surface area contributed by atoms with E-state index in [-0.39, 0.29) is 12.2 Å². The number of carboxylic acids is 2. The van der Waals surface area contributed by atoms with Gasteiger partial charge in [0.1, 0.15) is 0 Å². The Morgan fingerprint density at radius 2 is 1.52 bits per heavy atom. The molecule has 0 amide bonds. The monoisotopic (exact) mass is 413 g/mol. The minimum atomic E-state index is -0.983. The fourth-order valence-corrected chi connectivity index (χ4v) is 2.33. The van der Waals surface area contributed by atoms with Crippen LogP contribution in [0.25, 0.3) is 0 Å². The molecule has 1 unspecified atom stereocenters. The summed E-state index contributed by atoms with van der Waals surface area (Å²) in [4.78, 5) is 22.7. The molecule has 0 aliphatic carbocycles. The third kappa shape index (κ3) is 19.4. The zero-order valence-electron chi connectivity index (χ0n) is 17.9. The van der Waals surface area contributed by atoms with Crippen molar-refractivity contribution < 1.29 is 29.6 Å². The maximum atomic E-state index is 10.2. The van der Waals surface area contributed by atoms with Crippen LogP contribution in [0, 0.1) is 0 Å². The van der Waals surface area contributed by atoms with Crippen molar-refractivity contribution in [2.45, 2.75) is 70.8 Å². The van der Waals surface area contributed by atoms with Gasteiger partial charge in [-0.05, 0) is 51.5 Å². The number of hydrogen-bond acceptors (Lipinski definition) is 5. The van der Waals surface area contributed by atoms with E-state index in [0.29, 0.717) is 30.9 Å². The van der Waals surface area contributed by atoms with Crippen molar-refractivity contribution in [3.8, 4) is 0 Å². The quantitative estimate of drug-likeness (QED) is 0.227. The van der Waals surface area contributed by atoms with E-state index in [1.807, 2.05) is 0 Å². The maximum Gasteiger partial charge on any atom is 0.330 e. The van der Waals surface area contributed by atoms with Crippen molar-refractivity contribution in [3.05, 3.63) is 24.3 Å². The molecule has 7 heteroatoms. The average Bonchev–Trinajstić information content (AvgIpc) is 3.59. The van der Waals surface area contributed by atoms with Gasteiger partial charge >= 0.3 is 11.9 Å². The minimum absolute atomic E-state index is 0.0201. The van der Waals surface area contributed by atoms with Crippen LogP contribution in [-0.4, -0.2) is 71.1 Å². The predicted octanol–water partition coefficient (Wildman–Crippen LogP) is 3.48. The molecule has 29 heavy (non-hydrogen) atoms. The molecule has 0 spiro atoms. The summed E-state index contributed by atoms with van der Waals surface area (Å²) in [6.07, 6.45) is 9.31. The molecular weight excluding hydrogens is 374 g/mol. The van der Waals surface area contributed by atoms with Crippen LogP contribution >= 0.6 is 0 Å². The lowest BCUT2D eigenvalue weighted by atomic mass is 10.1. The summed E-state index contributed by atoms with van der Waals surface area (Å²) >= 11 is 0. The van der Waals surface area contributed by atoms with Crippen LogP contribution in [0.15, 0.2) is 24.3 Å². The number of aliphatic hydroxyl groups is 1.